The van der Waals surface area contributed by atoms with E-state index in [9.17, 15) is 23.4 Å². The molecule has 176 valence electrons. The van der Waals surface area contributed by atoms with Crippen molar-refractivity contribution in [2.75, 3.05) is 19.7 Å². The third kappa shape index (κ3) is 6.69. The average molecular weight is 493 g/mol. The molecular formula is C23H25ClN2O6S. The van der Waals surface area contributed by atoms with E-state index in [1.165, 1.54) is 30.3 Å². The lowest BCUT2D eigenvalue weighted by Gasteiger charge is -2.13. The summed E-state index contributed by atoms with van der Waals surface area (Å²) in [6.07, 6.45) is -0.615. The lowest BCUT2D eigenvalue weighted by molar-refractivity contribution is 0.0997. The summed E-state index contributed by atoms with van der Waals surface area (Å²) in [6.45, 7) is 1.20. The minimum atomic E-state index is -3.91. The molecule has 3 rings (SSSR count). The molecule has 1 atom stereocenters. The summed E-state index contributed by atoms with van der Waals surface area (Å²) in [6, 6.07) is 18.5. The van der Waals surface area contributed by atoms with Gasteiger partial charge in [0.2, 0.25) is 9.84 Å². The highest BCUT2D eigenvalue weighted by Crippen LogP contribution is 2.27. The highest BCUT2D eigenvalue weighted by atomic mass is 35.5. The summed E-state index contributed by atoms with van der Waals surface area (Å²) in [4.78, 5) is 11.2. The molecule has 0 spiro atoms. The fraction of sp³-hybridized carbons (Fsp3) is 0.174. The SMILES string of the molecule is Cl.NC(=O)c1cc(S(=O)(=O)c2ccc(OCCNC[C@@H](O)c3ccccc3)cc2)ccc1O. The second kappa shape index (κ2) is 11.7. The predicted octanol–water partition coefficient (Wildman–Crippen LogP) is 2.45. The van der Waals surface area contributed by atoms with Crippen LogP contribution < -0.4 is 15.8 Å². The second-order valence-corrected chi connectivity index (χ2v) is 8.95. The summed E-state index contributed by atoms with van der Waals surface area (Å²) in [5.74, 6) is -0.823. The number of phenols is 1. The summed E-state index contributed by atoms with van der Waals surface area (Å²) >= 11 is 0. The molecule has 0 bridgehead atoms. The Kier molecular flexibility index (Phi) is 9.24. The number of amides is 1. The first-order valence-corrected chi connectivity index (χ1v) is 11.3. The van der Waals surface area contributed by atoms with Crippen molar-refractivity contribution in [3.8, 4) is 11.5 Å². The van der Waals surface area contributed by atoms with E-state index in [4.69, 9.17) is 10.5 Å². The van der Waals surface area contributed by atoms with Crippen molar-refractivity contribution < 1.29 is 28.2 Å². The van der Waals surface area contributed by atoms with Crippen LogP contribution in [0.15, 0.2) is 82.6 Å². The van der Waals surface area contributed by atoms with Crippen LogP contribution in [0, 0.1) is 0 Å². The molecule has 0 saturated heterocycles. The van der Waals surface area contributed by atoms with Crippen molar-refractivity contribution in [1.29, 1.82) is 0 Å². The molecule has 8 nitrogen and oxygen atoms in total. The van der Waals surface area contributed by atoms with Gasteiger partial charge in [-0.1, -0.05) is 30.3 Å². The Hall–Kier alpha value is -3.11. The molecule has 3 aromatic carbocycles. The van der Waals surface area contributed by atoms with Crippen LogP contribution >= 0.6 is 12.4 Å². The molecule has 0 heterocycles. The second-order valence-electron chi connectivity index (χ2n) is 7.00. The highest BCUT2D eigenvalue weighted by molar-refractivity contribution is 7.91. The molecule has 1 amide bonds. The Labute approximate surface area is 198 Å². The minimum absolute atomic E-state index is 0. The van der Waals surface area contributed by atoms with Gasteiger partial charge >= 0.3 is 0 Å². The van der Waals surface area contributed by atoms with E-state index in [0.29, 0.717) is 25.4 Å². The fourth-order valence-corrected chi connectivity index (χ4v) is 4.29. The quantitative estimate of drug-likeness (QED) is 0.319. The average Bonchev–Trinajstić information content (AvgIpc) is 2.79. The minimum Gasteiger partial charge on any atom is -0.507 e. The zero-order valence-corrected chi connectivity index (χ0v) is 19.2. The van der Waals surface area contributed by atoms with Crippen LogP contribution in [0.3, 0.4) is 0 Å². The maximum absolute atomic E-state index is 12.8. The molecule has 0 fully saturated rings. The van der Waals surface area contributed by atoms with Gasteiger partial charge in [0, 0.05) is 13.1 Å². The molecule has 0 aromatic heterocycles. The van der Waals surface area contributed by atoms with E-state index in [0.717, 1.165) is 17.7 Å². The van der Waals surface area contributed by atoms with Crippen molar-refractivity contribution in [2.24, 2.45) is 5.73 Å². The largest absolute Gasteiger partial charge is 0.507 e. The Balaban J connectivity index is 0.00000385. The van der Waals surface area contributed by atoms with Crippen molar-refractivity contribution in [2.45, 2.75) is 15.9 Å². The first-order valence-electron chi connectivity index (χ1n) is 9.83. The number of ether oxygens (including phenoxy) is 1. The number of hydrogen-bond donors (Lipinski definition) is 4. The number of sulfone groups is 1. The number of aromatic hydroxyl groups is 1. The standard InChI is InChI=1S/C23H24N2O6S.ClH/c24-23(28)20-14-19(10-11-21(20)26)32(29,30)18-8-6-17(7-9-18)31-13-12-25-15-22(27)16-4-2-1-3-5-16;/h1-11,14,22,25-27H,12-13,15H2,(H2,24,28);1H/t22-;/m1./s1. The number of nitrogens with two attached hydrogens (primary N) is 1. The first-order chi connectivity index (χ1) is 15.3. The Morgan fingerprint density at radius 1 is 1.00 bits per heavy atom. The van der Waals surface area contributed by atoms with Crippen LogP contribution in [0.25, 0.3) is 0 Å². The number of primary amides is 1. The van der Waals surface area contributed by atoms with Gasteiger partial charge in [-0.25, -0.2) is 8.42 Å². The van der Waals surface area contributed by atoms with Crippen LogP contribution in [0.1, 0.15) is 22.0 Å². The lowest BCUT2D eigenvalue weighted by Crippen LogP contribution is -2.26. The Morgan fingerprint density at radius 2 is 1.64 bits per heavy atom. The van der Waals surface area contributed by atoms with Gasteiger partial charge in [0.25, 0.3) is 5.91 Å². The van der Waals surface area contributed by atoms with E-state index in [1.807, 2.05) is 30.3 Å². The van der Waals surface area contributed by atoms with Crippen LogP contribution in [0.4, 0.5) is 0 Å². The molecule has 0 saturated carbocycles. The van der Waals surface area contributed by atoms with Crippen molar-refractivity contribution in [3.63, 3.8) is 0 Å². The van der Waals surface area contributed by atoms with Crippen LogP contribution in [-0.2, 0) is 9.84 Å². The van der Waals surface area contributed by atoms with Gasteiger partial charge in [0.05, 0.1) is 21.5 Å². The summed E-state index contributed by atoms with van der Waals surface area (Å²) in [5, 5.41) is 22.9. The van der Waals surface area contributed by atoms with Gasteiger partial charge in [0.15, 0.2) is 0 Å². The van der Waals surface area contributed by atoms with Crippen LogP contribution in [-0.4, -0.2) is 44.2 Å². The van der Waals surface area contributed by atoms with Crippen molar-refractivity contribution in [3.05, 3.63) is 83.9 Å². The molecule has 0 aliphatic heterocycles. The zero-order chi connectivity index (χ0) is 23.1. The molecule has 0 radical (unpaired) electrons. The maximum atomic E-state index is 12.8. The molecular weight excluding hydrogens is 468 g/mol. The van der Waals surface area contributed by atoms with Crippen LogP contribution in [0.5, 0.6) is 11.5 Å². The van der Waals surface area contributed by atoms with Crippen molar-refractivity contribution in [1.82, 2.24) is 5.32 Å². The van der Waals surface area contributed by atoms with E-state index in [2.05, 4.69) is 5.32 Å². The summed E-state index contributed by atoms with van der Waals surface area (Å²) in [7, 11) is -3.91. The molecule has 3 aromatic rings. The van der Waals surface area contributed by atoms with Gasteiger partial charge in [-0.15, -0.1) is 12.4 Å². The van der Waals surface area contributed by atoms with Gasteiger partial charge in [-0.05, 0) is 48.0 Å². The van der Waals surface area contributed by atoms with Gasteiger partial charge in [0.1, 0.15) is 18.1 Å². The molecule has 5 N–H and O–H groups in total. The zero-order valence-electron chi connectivity index (χ0n) is 17.5. The van der Waals surface area contributed by atoms with Gasteiger partial charge in [-0.3, -0.25) is 4.79 Å². The molecule has 0 aliphatic carbocycles. The number of halogens is 1. The van der Waals surface area contributed by atoms with Gasteiger partial charge < -0.3 is 26.0 Å². The fourth-order valence-electron chi connectivity index (χ4n) is 3.00. The molecule has 0 aliphatic rings. The third-order valence-electron chi connectivity index (χ3n) is 4.75. The van der Waals surface area contributed by atoms with E-state index in [-0.39, 0.29) is 33.5 Å². The summed E-state index contributed by atoms with van der Waals surface area (Å²) in [5.41, 5.74) is 5.73. The van der Waals surface area contributed by atoms with Crippen LogP contribution in [0.2, 0.25) is 0 Å². The Morgan fingerprint density at radius 3 is 2.27 bits per heavy atom. The highest BCUT2D eigenvalue weighted by Gasteiger charge is 2.20. The number of hydrogen-bond acceptors (Lipinski definition) is 7. The van der Waals surface area contributed by atoms with Gasteiger partial charge in [-0.2, -0.15) is 0 Å². The predicted molar refractivity (Wildman–Crippen MR) is 126 cm³/mol. The monoisotopic (exact) mass is 492 g/mol. The normalized spacial score (nSPS) is 11.9. The lowest BCUT2D eigenvalue weighted by atomic mass is 10.1. The Bertz CT molecular complexity index is 1170. The van der Waals surface area contributed by atoms with E-state index >= 15 is 0 Å². The van der Waals surface area contributed by atoms with E-state index in [1.54, 1.807) is 0 Å². The number of aliphatic hydroxyl groups excluding tert-OH is 1. The number of benzene rings is 3. The number of aliphatic hydroxyl groups is 1. The first kappa shape index (κ1) is 26.1. The topological polar surface area (TPSA) is 139 Å². The molecule has 10 heteroatoms. The number of carbonyl (C=O) groups is 1. The number of carbonyl (C=O) groups excluding carboxylic acids is 1. The number of nitrogens with one attached hydrogen (secondary N) is 1. The van der Waals surface area contributed by atoms with Crippen molar-refractivity contribution >= 4 is 28.2 Å². The molecule has 0 unspecified atom stereocenters. The molecule has 33 heavy (non-hydrogen) atoms. The van der Waals surface area contributed by atoms with E-state index < -0.39 is 21.8 Å². The summed E-state index contributed by atoms with van der Waals surface area (Å²) < 4.78 is 31.2. The maximum Gasteiger partial charge on any atom is 0.252 e. The third-order valence-corrected chi connectivity index (χ3v) is 6.51. The smallest absolute Gasteiger partial charge is 0.252 e. The number of rotatable bonds is 10.